The molecule has 0 aliphatic heterocycles. The Bertz CT molecular complexity index is 452. The van der Waals surface area contributed by atoms with Crippen LogP contribution in [0.2, 0.25) is 0 Å². The minimum atomic E-state index is -0.413. The van der Waals surface area contributed by atoms with Gasteiger partial charge >= 0.3 is 5.97 Å². The Morgan fingerprint density at radius 2 is 2.33 bits per heavy atom. The summed E-state index contributed by atoms with van der Waals surface area (Å²) in [5.74, 6) is 0.0536. The molecule has 0 radical (unpaired) electrons. The fourth-order valence-corrected chi connectivity index (χ4v) is 1.61. The highest BCUT2D eigenvalue weighted by atomic mass is 16.5. The monoisotopic (exact) mass is 247 g/mol. The maximum Gasteiger partial charge on any atom is 0.328 e. The first-order valence-corrected chi connectivity index (χ1v) is 5.77. The molecule has 0 saturated heterocycles. The Balaban J connectivity index is 2.82. The van der Waals surface area contributed by atoms with Gasteiger partial charge in [0.1, 0.15) is 17.8 Å². The lowest BCUT2D eigenvalue weighted by Gasteiger charge is -2.19. The van der Waals surface area contributed by atoms with Crippen LogP contribution in [0.4, 0.5) is 5.69 Å². The minimum Gasteiger partial charge on any atom is -0.467 e. The van der Waals surface area contributed by atoms with E-state index in [2.05, 4.69) is 10.3 Å². The van der Waals surface area contributed by atoms with Gasteiger partial charge < -0.3 is 10.1 Å². The number of esters is 1. The van der Waals surface area contributed by atoms with Gasteiger partial charge in [-0.05, 0) is 24.5 Å². The van der Waals surface area contributed by atoms with Crippen molar-refractivity contribution in [1.82, 2.24) is 4.98 Å². The minimum absolute atomic E-state index is 0.306. The molecule has 5 heteroatoms. The van der Waals surface area contributed by atoms with Crippen LogP contribution in [0, 0.1) is 17.2 Å². The zero-order chi connectivity index (χ0) is 13.5. The van der Waals surface area contributed by atoms with E-state index in [1.807, 2.05) is 19.9 Å². The van der Waals surface area contributed by atoms with Crippen LogP contribution < -0.4 is 5.32 Å². The van der Waals surface area contributed by atoms with E-state index in [0.29, 0.717) is 23.7 Å². The summed E-state index contributed by atoms with van der Waals surface area (Å²) in [7, 11) is 1.37. The highest BCUT2D eigenvalue weighted by Gasteiger charge is 2.20. The molecule has 0 aliphatic carbocycles. The first-order chi connectivity index (χ1) is 8.56. The summed E-state index contributed by atoms with van der Waals surface area (Å²) in [5.41, 5.74) is 1.01. The third kappa shape index (κ3) is 4.06. The van der Waals surface area contributed by atoms with Crippen molar-refractivity contribution >= 4 is 11.7 Å². The molecular formula is C13H17N3O2. The molecule has 1 aromatic heterocycles. The molecule has 1 heterocycles. The van der Waals surface area contributed by atoms with Gasteiger partial charge in [-0.15, -0.1) is 0 Å². The summed E-state index contributed by atoms with van der Waals surface area (Å²) < 4.78 is 4.76. The lowest BCUT2D eigenvalue weighted by Crippen LogP contribution is -2.32. The van der Waals surface area contributed by atoms with E-state index < -0.39 is 6.04 Å². The molecule has 0 spiro atoms. The van der Waals surface area contributed by atoms with Crippen molar-refractivity contribution < 1.29 is 9.53 Å². The van der Waals surface area contributed by atoms with Crippen molar-refractivity contribution in [3.8, 4) is 6.07 Å². The molecule has 18 heavy (non-hydrogen) atoms. The summed E-state index contributed by atoms with van der Waals surface area (Å²) >= 11 is 0. The number of methoxy groups -OCH3 is 1. The van der Waals surface area contributed by atoms with Crippen LogP contribution in [0.25, 0.3) is 0 Å². The molecule has 0 fully saturated rings. The summed E-state index contributed by atoms with van der Waals surface area (Å²) in [6, 6.07) is 4.87. The van der Waals surface area contributed by atoms with Crippen LogP contribution in [-0.4, -0.2) is 24.1 Å². The lowest BCUT2D eigenvalue weighted by atomic mass is 10.0. The first kappa shape index (κ1) is 14.0. The second-order valence-corrected chi connectivity index (χ2v) is 4.39. The van der Waals surface area contributed by atoms with Crippen LogP contribution >= 0.6 is 0 Å². The molecule has 1 aromatic rings. The topological polar surface area (TPSA) is 75.0 Å². The van der Waals surface area contributed by atoms with Crippen LogP contribution in [0.5, 0.6) is 0 Å². The number of carbonyl (C=O) groups excluding carboxylic acids is 1. The largest absolute Gasteiger partial charge is 0.467 e. The molecule has 0 aromatic carbocycles. The Kier molecular flexibility index (Phi) is 5.12. The molecule has 96 valence electrons. The molecule has 0 aliphatic rings. The van der Waals surface area contributed by atoms with Crippen LogP contribution in [0.3, 0.4) is 0 Å². The zero-order valence-electron chi connectivity index (χ0n) is 10.8. The maximum atomic E-state index is 11.6. The number of rotatable bonds is 5. The van der Waals surface area contributed by atoms with Gasteiger partial charge in [0.25, 0.3) is 0 Å². The van der Waals surface area contributed by atoms with Gasteiger partial charge in [-0.2, -0.15) is 5.26 Å². The Morgan fingerprint density at radius 1 is 1.61 bits per heavy atom. The zero-order valence-corrected chi connectivity index (χ0v) is 10.8. The fourth-order valence-electron chi connectivity index (χ4n) is 1.61. The first-order valence-electron chi connectivity index (χ1n) is 5.77. The number of nitriles is 1. The maximum absolute atomic E-state index is 11.6. The number of anilines is 1. The summed E-state index contributed by atoms with van der Waals surface area (Å²) in [6.07, 6.45) is 2.20. The Hall–Kier alpha value is -2.09. The smallest absolute Gasteiger partial charge is 0.328 e. The van der Waals surface area contributed by atoms with Crippen molar-refractivity contribution in [3.05, 3.63) is 24.0 Å². The Morgan fingerprint density at radius 3 is 2.89 bits per heavy atom. The molecular weight excluding hydrogens is 230 g/mol. The van der Waals surface area contributed by atoms with E-state index in [1.165, 1.54) is 13.3 Å². The van der Waals surface area contributed by atoms with Crippen molar-refractivity contribution in [2.75, 3.05) is 12.4 Å². The predicted molar refractivity (Wildman–Crippen MR) is 67.8 cm³/mol. The van der Waals surface area contributed by atoms with Gasteiger partial charge in [0.2, 0.25) is 0 Å². The van der Waals surface area contributed by atoms with Crippen LogP contribution in [0.1, 0.15) is 26.0 Å². The average Bonchev–Trinajstić information content (AvgIpc) is 2.36. The summed E-state index contributed by atoms with van der Waals surface area (Å²) in [4.78, 5) is 15.5. The molecule has 1 N–H and O–H groups in total. The van der Waals surface area contributed by atoms with Gasteiger partial charge in [-0.3, -0.25) is 0 Å². The quantitative estimate of drug-likeness (QED) is 0.805. The summed E-state index contributed by atoms with van der Waals surface area (Å²) in [5, 5.41) is 11.8. The number of carbonyl (C=O) groups is 1. The number of pyridine rings is 1. The second-order valence-electron chi connectivity index (χ2n) is 4.39. The Labute approximate surface area is 107 Å². The van der Waals surface area contributed by atoms with E-state index in [4.69, 9.17) is 10.00 Å². The third-order valence-corrected chi connectivity index (χ3v) is 2.41. The molecule has 1 rings (SSSR count). The summed E-state index contributed by atoms with van der Waals surface area (Å²) in [6.45, 7) is 4.07. The van der Waals surface area contributed by atoms with Crippen molar-refractivity contribution in [2.45, 2.75) is 26.3 Å². The fraction of sp³-hybridized carbons (Fsp3) is 0.462. The third-order valence-electron chi connectivity index (χ3n) is 2.41. The van der Waals surface area contributed by atoms with Gasteiger partial charge in [0.15, 0.2) is 0 Å². The van der Waals surface area contributed by atoms with E-state index in [1.54, 1.807) is 12.1 Å². The second kappa shape index (κ2) is 6.60. The van der Waals surface area contributed by atoms with Gasteiger partial charge in [-0.25, -0.2) is 9.78 Å². The lowest BCUT2D eigenvalue weighted by molar-refractivity contribution is -0.141. The normalized spacial score (nSPS) is 11.7. The molecule has 0 saturated carbocycles. The molecule has 5 nitrogen and oxygen atoms in total. The number of nitrogens with zero attached hydrogens (tertiary/aromatic N) is 2. The van der Waals surface area contributed by atoms with E-state index >= 15 is 0 Å². The number of hydrogen-bond acceptors (Lipinski definition) is 5. The molecule has 1 unspecified atom stereocenters. The van der Waals surface area contributed by atoms with E-state index in [0.717, 1.165) is 0 Å². The standard InChI is InChI=1S/C13H17N3O2/c1-9(2)6-12(13(17)18-3)16-10-4-5-15-11(7-10)8-14/h4-5,7,9,12H,6H2,1-3H3,(H,15,16). The highest BCUT2D eigenvalue weighted by Crippen LogP contribution is 2.14. The van der Waals surface area contributed by atoms with Crippen molar-refractivity contribution in [3.63, 3.8) is 0 Å². The van der Waals surface area contributed by atoms with Gasteiger partial charge in [0.05, 0.1) is 7.11 Å². The van der Waals surface area contributed by atoms with E-state index in [9.17, 15) is 4.79 Å². The number of ether oxygens (including phenoxy) is 1. The van der Waals surface area contributed by atoms with Crippen molar-refractivity contribution in [1.29, 1.82) is 5.26 Å². The highest BCUT2D eigenvalue weighted by molar-refractivity contribution is 5.79. The van der Waals surface area contributed by atoms with Crippen LogP contribution in [-0.2, 0) is 9.53 Å². The number of hydrogen-bond donors (Lipinski definition) is 1. The predicted octanol–water partition coefficient (Wildman–Crippen LogP) is 1.95. The van der Waals surface area contributed by atoms with Crippen LogP contribution in [0.15, 0.2) is 18.3 Å². The number of nitrogens with one attached hydrogen (secondary N) is 1. The number of aromatic nitrogens is 1. The van der Waals surface area contributed by atoms with Crippen molar-refractivity contribution in [2.24, 2.45) is 5.92 Å². The van der Waals surface area contributed by atoms with Gasteiger partial charge in [-0.1, -0.05) is 13.8 Å². The molecule has 0 bridgehead atoms. The molecule has 0 amide bonds. The van der Waals surface area contributed by atoms with E-state index in [-0.39, 0.29) is 5.97 Å². The average molecular weight is 247 g/mol. The SMILES string of the molecule is COC(=O)C(CC(C)C)Nc1ccnc(C#N)c1. The molecule has 1 atom stereocenters. The van der Waals surface area contributed by atoms with Gasteiger partial charge in [0, 0.05) is 11.9 Å².